The van der Waals surface area contributed by atoms with Crippen molar-refractivity contribution in [3.63, 3.8) is 0 Å². The third-order valence-electron chi connectivity index (χ3n) is 5.95. The van der Waals surface area contributed by atoms with Gasteiger partial charge in [0.1, 0.15) is 17.2 Å². The Morgan fingerprint density at radius 3 is 2.54 bits per heavy atom. The summed E-state index contributed by atoms with van der Waals surface area (Å²) >= 11 is 12.4. The molecule has 2 heterocycles. The van der Waals surface area contributed by atoms with Gasteiger partial charge in [0.05, 0.1) is 18.2 Å². The molecule has 2 aromatic carbocycles. The number of benzene rings is 2. The van der Waals surface area contributed by atoms with E-state index in [9.17, 15) is 9.59 Å². The first kappa shape index (κ1) is 26.9. The van der Waals surface area contributed by atoms with Crippen molar-refractivity contribution in [1.82, 2.24) is 15.5 Å². The van der Waals surface area contributed by atoms with E-state index in [4.69, 9.17) is 32.4 Å². The zero-order valence-electron chi connectivity index (χ0n) is 20.6. The van der Waals surface area contributed by atoms with Crippen molar-refractivity contribution in [2.75, 3.05) is 39.4 Å². The maximum atomic E-state index is 13.1. The summed E-state index contributed by atoms with van der Waals surface area (Å²) in [6.07, 6.45) is 2.29. The molecule has 2 N–H and O–H groups in total. The monoisotopic (exact) mass is 541 g/mol. The number of ether oxygens (including phenoxy) is 1. The van der Waals surface area contributed by atoms with Gasteiger partial charge >= 0.3 is 0 Å². The van der Waals surface area contributed by atoms with E-state index in [0.29, 0.717) is 39.2 Å². The molecule has 0 spiro atoms. The highest BCUT2D eigenvalue weighted by Gasteiger charge is 2.17. The van der Waals surface area contributed by atoms with E-state index in [1.807, 2.05) is 19.1 Å². The van der Waals surface area contributed by atoms with Crippen LogP contribution in [-0.2, 0) is 9.53 Å². The van der Waals surface area contributed by atoms with Gasteiger partial charge in [-0.2, -0.15) is 0 Å². The number of rotatable bonds is 9. The second-order valence-electron chi connectivity index (χ2n) is 8.77. The molecule has 0 bridgehead atoms. The molecule has 4 rings (SSSR count). The van der Waals surface area contributed by atoms with Gasteiger partial charge in [-0.1, -0.05) is 40.9 Å². The summed E-state index contributed by atoms with van der Waals surface area (Å²) < 4.78 is 11.3. The molecule has 7 nitrogen and oxygen atoms in total. The lowest BCUT2D eigenvalue weighted by atomic mass is 10.1. The van der Waals surface area contributed by atoms with Crippen molar-refractivity contribution in [1.29, 1.82) is 0 Å². The summed E-state index contributed by atoms with van der Waals surface area (Å²) in [5.74, 6) is 0.0863. The number of halogens is 2. The highest BCUT2D eigenvalue weighted by atomic mass is 35.5. The van der Waals surface area contributed by atoms with Gasteiger partial charge in [-0.15, -0.1) is 0 Å². The van der Waals surface area contributed by atoms with Crippen molar-refractivity contribution in [2.24, 2.45) is 0 Å². The summed E-state index contributed by atoms with van der Waals surface area (Å²) in [5, 5.41) is 6.65. The molecule has 0 radical (unpaired) electrons. The van der Waals surface area contributed by atoms with Crippen LogP contribution in [0.4, 0.5) is 0 Å². The topological polar surface area (TPSA) is 83.8 Å². The molecule has 194 valence electrons. The standard InChI is InChI=1S/C28H29Cl2N3O4/c1-19-3-5-20(6-4-19)27(34)32-25(28(35)31-11-2-12-33-13-15-36-16-14-33)18-22-8-10-26(37-22)23-17-21(29)7-9-24(23)30/h3-10,17-18H,2,11-16H2,1H3,(H,31,35)(H,32,34). The molecule has 3 aromatic rings. The Balaban J connectivity index is 1.49. The summed E-state index contributed by atoms with van der Waals surface area (Å²) in [4.78, 5) is 28.3. The molecule has 1 aliphatic heterocycles. The smallest absolute Gasteiger partial charge is 0.267 e. The average Bonchev–Trinajstić information content (AvgIpc) is 3.37. The fraction of sp³-hybridized carbons (Fsp3) is 0.286. The van der Waals surface area contributed by atoms with Gasteiger partial charge in [-0.3, -0.25) is 14.5 Å². The number of aryl methyl sites for hydroxylation is 1. The van der Waals surface area contributed by atoms with Crippen LogP contribution in [0.15, 0.2) is 64.7 Å². The maximum Gasteiger partial charge on any atom is 0.267 e. The normalized spacial score (nSPS) is 14.4. The number of carbonyl (C=O) groups is 2. The largest absolute Gasteiger partial charge is 0.457 e. The van der Waals surface area contributed by atoms with Crippen LogP contribution in [0, 0.1) is 6.92 Å². The second-order valence-corrected chi connectivity index (χ2v) is 9.61. The molecule has 1 aliphatic rings. The van der Waals surface area contributed by atoms with E-state index in [-0.39, 0.29) is 11.6 Å². The summed E-state index contributed by atoms with van der Waals surface area (Å²) in [7, 11) is 0. The number of nitrogens with zero attached hydrogens (tertiary/aromatic N) is 1. The van der Waals surface area contributed by atoms with E-state index >= 15 is 0 Å². The van der Waals surface area contributed by atoms with Crippen molar-refractivity contribution >= 4 is 41.1 Å². The van der Waals surface area contributed by atoms with Gasteiger partial charge in [0.2, 0.25) is 0 Å². The van der Waals surface area contributed by atoms with Crippen LogP contribution in [0.1, 0.15) is 28.1 Å². The van der Waals surface area contributed by atoms with Crippen LogP contribution in [0.3, 0.4) is 0 Å². The number of amides is 2. The molecule has 1 aromatic heterocycles. The van der Waals surface area contributed by atoms with Crippen molar-refractivity contribution in [3.8, 4) is 11.3 Å². The van der Waals surface area contributed by atoms with Gasteiger partial charge in [-0.05, 0) is 62.4 Å². The zero-order valence-corrected chi connectivity index (χ0v) is 22.1. The van der Waals surface area contributed by atoms with Crippen LogP contribution in [0.25, 0.3) is 17.4 Å². The predicted molar refractivity (Wildman–Crippen MR) is 146 cm³/mol. The first-order chi connectivity index (χ1) is 17.9. The molecule has 1 fully saturated rings. The third kappa shape index (κ3) is 7.69. The highest BCUT2D eigenvalue weighted by Crippen LogP contribution is 2.32. The first-order valence-electron chi connectivity index (χ1n) is 12.1. The van der Waals surface area contributed by atoms with Gasteiger partial charge in [-0.25, -0.2) is 0 Å². The molecule has 1 saturated heterocycles. The molecular formula is C28H29Cl2N3O4. The molecule has 0 atom stereocenters. The Morgan fingerprint density at radius 1 is 1.03 bits per heavy atom. The first-order valence-corrected chi connectivity index (χ1v) is 12.9. The van der Waals surface area contributed by atoms with E-state index < -0.39 is 5.91 Å². The minimum atomic E-state index is -0.402. The van der Waals surface area contributed by atoms with Gasteiger partial charge in [0.15, 0.2) is 0 Å². The molecule has 9 heteroatoms. The molecule has 2 amide bonds. The van der Waals surface area contributed by atoms with Crippen LogP contribution in [-0.4, -0.2) is 56.1 Å². The Morgan fingerprint density at radius 2 is 1.78 bits per heavy atom. The fourth-order valence-electron chi connectivity index (χ4n) is 3.89. The van der Waals surface area contributed by atoms with Crippen molar-refractivity contribution in [2.45, 2.75) is 13.3 Å². The van der Waals surface area contributed by atoms with E-state index in [1.165, 1.54) is 6.08 Å². The number of morpholine rings is 1. The molecule has 0 saturated carbocycles. The summed E-state index contributed by atoms with van der Waals surface area (Å²) in [6, 6.07) is 15.7. The Kier molecular flexibility index (Phi) is 9.41. The van der Waals surface area contributed by atoms with Crippen LogP contribution in [0.2, 0.25) is 10.0 Å². The minimum Gasteiger partial charge on any atom is -0.457 e. The molecule has 0 unspecified atom stereocenters. The Labute approximate surface area is 226 Å². The van der Waals surface area contributed by atoms with Gasteiger partial charge in [0, 0.05) is 41.9 Å². The zero-order chi connectivity index (χ0) is 26.2. The maximum absolute atomic E-state index is 13.1. The van der Waals surface area contributed by atoms with Crippen LogP contribution >= 0.6 is 23.2 Å². The number of hydrogen-bond acceptors (Lipinski definition) is 5. The van der Waals surface area contributed by atoms with Crippen molar-refractivity contribution < 1.29 is 18.7 Å². The number of furan rings is 1. The Bertz CT molecular complexity index is 1260. The highest BCUT2D eigenvalue weighted by molar-refractivity contribution is 6.35. The number of hydrogen-bond donors (Lipinski definition) is 2. The van der Waals surface area contributed by atoms with Crippen LogP contribution < -0.4 is 10.6 Å². The summed E-state index contributed by atoms with van der Waals surface area (Å²) in [5.41, 5.74) is 2.19. The van der Waals surface area contributed by atoms with Gasteiger partial charge < -0.3 is 19.8 Å². The molecule has 37 heavy (non-hydrogen) atoms. The third-order valence-corrected chi connectivity index (χ3v) is 6.52. The predicted octanol–water partition coefficient (Wildman–Crippen LogP) is 5.17. The quantitative estimate of drug-likeness (QED) is 0.288. The SMILES string of the molecule is Cc1ccc(C(=O)NC(=Cc2ccc(-c3cc(Cl)ccc3Cl)o2)C(=O)NCCCN2CCOCC2)cc1. The fourth-order valence-corrected chi connectivity index (χ4v) is 4.27. The lowest BCUT2D eigenvalue weighted by molar-refractivity contribution is -0.117. The molecule has 0 aliphatic carbocycles. The minimum absolute atomic E-state index is 0.0787. The van der Waals surface area contributed by atoms with Crippen LogP contribution in [0.5, 0.6) is 0 Å². The Hall–Kier alpha value is -3.10. The second kappa shape index (κ2) is 12.9. The van der Waals surface area contributed by atoms with Gasteiger partial charge in [0.25, 0.3) is 11.8 Å². The molecular weight excluding hydrogens is 513 g/mol. The lowest BCUT2D eigenvalue weighted by Crippen LogP contribution is -2.39. The van der Waals surface area contributed by atoms with E-state index in [1.54, 1.807) is 42.5 Å². The van der Waals surface area contributed by atoms with Crippen molar-refractivity contribution in [3.05, 3.63) is 87.2 Å². The van der Waals surface area contributed by atoms with E-state index in [0.717, 1.165) is 44.8 Å². The number of carbonyl (C=O) groups excluding carboxylic acids is 2. The summed E-state index contributed by atoms with van der Waals surface area (Å²) in [6.45, 7) is 6.52. The lowest BCUT2D eigenvalue weighted by Gasteiger charge is -2.26. The average molecular weight is 542 g/mol. The number of nitrogens with one attached hydrogen (secondary N) is 2. The van der Waals surface area contributed by atoms with E-state index in [2.05, 4.69) is 15.5 Å².